The van der Waals surface area contributed by atoms with E-state index in [1.54, 1.807) is 13.1 Å². The van der Waals surface area contributed by atoms with Crippen LogP contribution in [-0.2, 0) is 11.3 Å². The lowest BCUT2D eigenvalue weighted by atomic mass is 10.3. The molecule has 0 bridgehead atoms. The summed E-state index contributed by atoms with van der Waals surface area (Å²) in [4.78, 5) is 24.7. The molecule has 1 unspecified atom stereocenters. The van der Waals surface area contributed by atoms with Crippen molar-refractivity contribution < 1.29 is 4.74 Å². The first-order valence-corrected chi connectivity index (χ1v) is 4.96. The number of aryl methyl sites for hydroxylation is 1. The van der Waals surface area contributed by atoms with Crippen molar-refractivity contribution in [3.05, 3.63) is 32.6 Å². The smallest absolute Gasteiger partial charge is 0.328 e. The minimum atomic E-state index is -0.392. The van der Waals surface area contributed by atoms with Crippen LogP contribution in [0.15, 0.2) is 15.8 Å². The Morgan fingerprint density at radius 1 is 1.53 bits per heavy atom. The molecule has 0 saturated heterocycles. The number of hydrogen-bond acceptors (Lipinski definition) is 3. The van der Waals surface area contributed by atoms with Gasteiger partial charge in [-0.1, -0.05) is 0 Å². The fourth-order valence-corrected chi connectivity index (χ4v) is 1.37. The van der Waals surface area contributed by atoms with E-state index < -0.39 is 5.69 Å². The first kappa shape index (κ1) is 11.7. The lowest BCUT2D eigenvalue weighted by molar-refractivity contribution is 0.0629. The highest BCUT2D eigenvalue weighted by atomic mass is 16.5. The average Bonchev–Trinajstić information content (AvgIpc) is 2.14. The summed E-state index contributed by atoms with van der Waals surface area (Å²) in [6, 6.07) is 0. The molecule has 0 radical (unpaired) electrons. The van der Waals surface area contributed by atoms with Crippen molar-refractivity contribution in [2.75, 3.05) is 6.61 Å². The second-order valence-corrected chi connectivity index (χ2v) is 3.49. The van der Waals surface area contributed by atoms with Gasteiger partial charge < -0.3 is 4.74 Å². The molecule has 1 heterocycles. The topological polar surface area (TPSA) is 64.1 Å². The maximum absolute atomic E-state index is 11.4. The molecule has 1 atom stereocenters. The normalized spacial score (nSPS) is 12.7. The number of aromatic nitrogens is 2. The predicted molar refractivity (Wildman–Crippen MR) is 57.1 cm³/mol. The zero-order chi connectivity index (χ0) is 11.4. The summed E-state index contributed by atoms with van der Waals surface area (Å²) < 4.78 is 6.77. The Morgan fingerprint density at radius 3 is 2.80 bits per heavy atom. The van der Waals surface area contributed by atoms with Crippen LogP contribution in [0.3, 0.4) is 0 Å². The molecule has 1 N–H and O–H groups in total. The molecule has 0 spiro atoms. The van der Waals surface area contributed by atoms with Gasteiger partial charge in [0.1, 0.15) is 0 Å². The number of nitrogens with zero attached hydrogens (tertiary/aromatic N) is 1. The number of hydrogen-bond donors (Lipinski definition) is 1. The summed E-state index contributed by atoms with van der Waals surface area (Å²) in [6.45, 7) is 6.51. The first-order valence-electron chi connectivity index (χ1n) is 4.96. The molecule has 84 valence electrons. The molecule has 0 aromatic carbocycles. The highest BCUT2D eigenvalue weighted by Gasteiger charge is 2.05. The van der Waals surface area contributed by atoms with Crippen LogP contribution in [0.1, 0.15) is 19.4 Å². The van der Waals surface area contributed by atoms with Crippen LogP contribution in [0.2, 0.25) is 0 Å². The number of H-pyrrole nitrogens is 1. The van der Waals surface area contributed by atoms with Gasteiger partial charge in [0, 0.05) is 18.4 Å². The Morgan fingerprint density at radius 2 is 2.20 bits per heavy atom. The molecule has 0 fully saturated rings. The van der Waals surface area contributed by atoms with Crippen molar-refractivity contribution in [1.29, 1.82) is 0 Å². The molecule has 0 amide bonds. The number of ether oxygens (including phenoxy) is 1. The van der Waals surface area contributed by atoms with Crippen molar-refractivity contribution >= 4 is 0 Å². The van der Waals surface area contributed by atoms with E-state index in [2.05, 4.69) is 4.98 Å². The molecule has 1 rings (SSSR count). The second kappa shape index (κ2) is 4.93. The van der Waals surface area contributed by atoms with Gasteiger partial charge in [0.25, 0.3) is 5.56 Å². The number of aromatic amines is 1. The monoisotopic (exact) mass is 212 g/mol. The van der Waals surface area contributed by atoms with Crippen molar-refractivity contribution in [2.24, 2.45) is 0 Å². The average molecular weight is 212 g/mol. The van der Waals surface area contributed by atoms with Crippen LogP contribution in [0.25, 0.3) is 0 Å². The fraction of sp³-hybridized carbons (Fsp3) is 0.600. The first-order chi connectivity index (χ1) is 7.04. The molecule has 15 heavy (non-hydrogen) atoms. The SMILES string of the molecule is CCOC(C)Cn1cc(C)c(=O)[nH]c1=O. The van der Waals surface area contributed by atoms with E-state index in [1.807, 2.05) is 13.8 Å². The Bertz CT molecular complexity index is 433. The van der Waals surface area contributed by atoms with Crippen LogP contribution in [0.4, 0.5) is 0 Å². The van der Waals surface area contributed by atoms with E-state index in [0.717, 1.165) is 0 Å². The minimum Gasteiger partial charge on any atom is -0.377 e. The van der Waals surface area contributed by atoms with Crippen molar-refractivity contribution in [1.82, 2.24) is 9.55 Å². The quantitative estimate of drug-likeness (QED) is 0.779. The Balaban J connectivity index is 2.91. The van der Waals surface area contributed by atoms with E-state index in [9.17, 15) is 9.59 Å². The second-order valence-electron chi connectivity index (χ2n) is 3.49. The summed E-state index contributed by atoms with van der Waals surface area (Å²) in [5.74, 6) is 0. The van der Waals surface area contributed by atoms with Crippen LogP contribution < -0.4 is 11.2 Å². The van der Waals surface area contributed by atoms with Crippen molar-refractivity contribution in [3.8, 4) is 0 Å². The summed E-state index contributed by atoms with van der Waals surface area (Å²) in [5, 5.41) is 0. The van der Waals surface area contributed by atoms with Crippen molar-refractivity contribution in [3.63, 3.8) is 0 Å². The largest absolute Gasteiger partial charge is 0.377 e. The molecule has 5 heteroatoms. The summed E-state index contributed by atoms with van der Waals surface area (Å²) in [5.41, 5.74) is -0.198. The molecule has 0 aliphatic rings. The van der Waals surface area contributed by atoms with E-state index in [1.165, 1.54) is 4.57 Å². The summed E-state index contributed by atoms with van der Waals surface area (Å²) in [6.07, 6.45) is 1.51. The maximum Gasteiger partial charge on any atom is 0.328 e. The zero-order valence-corrected chi connectivity index (χ0v) is 9.24. The van der Waals surface area contributed by atoms with Gasteiger partial charge in [0.05, 0.1) is 12.6 Å². The van der Waals surface area contributed by atoms with E-state index in [0.29, 0.717) is 18.7 Å². The van der Waals surface area contributed by atoms with Gasteiger partial charge in [-0.25, -0.2) is 4.79 Å². The van der Waals surface area contributed by atoms with E-state index in [-0.39, 0.29) is 11.7 Å². The molecule has 1 aromatic rings. The molecule has 1 aromatic heterocycles. The maximum atomic E-state index is 11.4. The highest BCUT2D eigenvalue weighted by Crippen LogP contribution is 1.94. The molecule has 0 aliphatic carbocycles. The third-order valence-corrected chi connectivity index (χ3v) is 2.09. The zero-order valence-electron chi connectivity index (χ0n) is 9.24. The van der Waals surface area contributed by atoms with E-state index >= 15 is 0 Å². The van der Waals surface area contributed by atoms with Gasteiger partial charge >= 0.3 is 5.69 Å². The lowest BCUT2D eigenvalue weighted by Gasteiger charge is -2.13. The third-order valence-electron chi connectivity index (χ3n) is 2.09. The highest BCUT2D eigenvalue weighted by molar-refractivity contribution is 5.00. The van der Waals surface area contributed by atoms with E-state index in [4.69, 9.17) is 4.74 Å². The number of nitrogens with one attached hydrogen (secondary N) is 1. The van der Waals surface area contributed by atoms with Crippen molar-refractivity contribution in [2.45, 2.75) is 33.4 Å². The Hall–Kier alpha value is -1.36. The third kappa shape index (κ3) is 3.06. The van der Waals surface area contributed by atoms with Crippen LogP contribution >= 0.6 is 0 Å². The van der Waals surface area contributed by atoms with Crippen LogP contribution in [-0.4, -0.2) is 22.3 Å². The number of rotatable bonds is 4. The standard InChI is InChI=1S/C10H16N2O3/c1-4-15-8(3)6-12-5-7(2)9(13)11-10(12)14/h5,8H,4,6H2,1-3H3,(H,11,13,14). The Kier molecular flexibility index (Phi) is 3.85. The lowest BCUT2D eigenvalue weighted by Crippen LogP contribution is -2.33. The Labute approximate surface area is 87.7 Å². The molecule has 0 aliphatic heterocycles. The van der Waals surface area contributed by atoms with Gasteiger partial charge in [-0.05, 0) is 20.8 Å². The molecule has 5 nitrogen and oxygen atoms in total. The molecular weight excluding hydrogens is 196 g/mol. The minimum absolute atomic E-state index is 0.0435. The molecular formula is C10H16N2O3. The predicted octanol–water partition coefficient (Wildman–Crippen LogP) is 0.270. The van der Waals surface area contributed by atoms with Gasteiger partial charge in [-0.15, -0.1) is 0 Å². The summed E-state index contributed by atoms with van der Waals surface area (Å²) in [7, 11) is 0. The molecule has 0 saturated carbocycles. The van der Waals surface area contributed by atoms with Gasteiger partial charge in [0.2, 0.25) is 0 Å². The van der Waals surface area contributed by atoms with Gasteiger partial charge in [-0.2, -0.15) is 0 Å². The summed E-state index contributed by atoms with van der Waals surface area (Å²) >= 11 is 0. The fourth-order valence-electron chi connectivity index (χ4n) is 1.37. The van der Waals surface area contributed by atoms with Gasteiger partial charge in [0.15, 0.2) is 0 Å². The van der Waals surface area contributed by atoms with Crippen LogP contribution in [0.5, 0.6) is 0 Å². The van der Waals surface area contributed by atoms with Gasteiger partial charge in [-0.3, -0.25) is 14.3 Å². The van der Waals surface area contributed by atoms with Crippen LogP contribution in [0, 0.1) is 6.92 Å².